The molecule has 0 aliphatic rings. The lowest BCUT2D eigenvalue weighted by atomic mass is 10.2. The van der Waals surface area contributed by atoms with Crippen LogP contribution in [0.3, 0.4) is 0 Å². The summed E-state index contributed by atoms with van der Waals surface area (Å²) in [6.45, 7) is 1.57. The van der Waals surface area contributed by atoms with Gasteiger partial charge >= 0.3 is 0 Å². The first-order valence-corrected chi connectivity index (χ1v) is 4.75. The van der Waals surface area contributed by atoms with E-state index in [1.807, 2.05) is 6.08 Å². The number of nitriles is 1. The van der Waals surface area contributed by atoms with Crippen molar-refractivity contribution >= 4 is 17.4 Å². The van der Waals surface area contributed by atoms with Crippen molar-refractivity contribution in [1.29, 1.82) is 5.26 Å². The number of unbranched alkanes of at least 4 members (excludes halogenated alkanes) is 1. The van der Waals surface area contributed by atoms with Gasteiger partial charge in [-0.15, -0.1) is 0 Å². The second-order valence-corrected chi connectivity index (χ2v) is 3.39. The molecule has 0 atom stereocenters. The van der Waals surface area contributed by atoms with Gasteiger partial charge in [-0.05, 0) is 26.2 Å². The Morgan fingerprint density at radius 1 is 1.54 bits per heavy atom. The quantitative estimate of drug-likeness (QED) is 0.617. The summed E-state index contributed by atoms with van der Waals surface area (Å²) in [7, 11) is 0. The van der Waals surface area contributed by atoms with Crippen LogP contribution in [0.5, 0.6) is 0 Å². The lowest BCUT2D eigenvalue weighted by Crippen LogP contribution is -1.87. The molecule has 0 aromatic heterocycles. The topological polar surface area (TPSA) is 40.9 Å². The van der Waals surface area contributed by atoms with Gasteiger partial charge in [0.25, 0.3) is 0 Å². The van der Waals surface area contributed by atoms with Crippen LogP contribution in [0.15, 0.2) is 11.1 Å². The number of carbonyl (C=O) groups is 1. The fourth-order valence-electron chi connectivity index (χ4n) is 0.870. The van der Waals surface area contributed by atoms with Gasteiger partial charge in [0.15, 0.2) is 0 Å². The lowest BCUT2D eigenvalue weighted by molar-refractivity contribution is -0.116. The third-order valence-electron chi connectivity index (χ3n) is 1.57. The van der Waals surface area contributed by atoms with E-state index >= 15 is 0 Å². The molecular weight excluding hydrogens is 186 g/mol. The van der Waals surface area contributed by atoms with E-state index in [1.54, 1.807) is 6.92 Å². The van der Waals surface area contributed by atoms with Crippen LogP contribution < -0.4 is 0 Å². The molecule has 0 spiro atoms. The van der Waals surface area contributed by atoms with Gasteiger partial charge in [-0.3, -0.25) is 0 Å². The molecule has 0 saturated heterocycles. The van der Waals surface area contributed by atoms with E-state index in [0.29, 0.717) is 19.3 Å². The molecular formula is C10H14ClNO. The molecule has 0 aliphatic carbocycles. The van der Waals surface area contributed by atoms with E-state index in [2.05, 4.69) is 6.07 Å². The maximum atomic E-state index is 10.6. The molecule has 0 amide bonds. The molecule has 72 valence electrons. The minimum absolute atomic E-state index is 0.178. The van der Waals surface area contributed by atoms with Crippen LogP contribution >= 0.6 is 11.6 Å². The van der Waals surface area contributed by atoms with Crippen molar-refractivity contribution in [1.82, 2.24) is 0 Å². The fourth-order valence-corrected chi connectivity index (χ4v) is 1.11. The number of nitrogens with zero attached hydrogens (tertiary/aromatic N) is 1. The monoisotopic (exact) mass is 199 g/mol. The standard InChI is InChI=1S/C10H14ClNO/c1-9(13)5-4-7-10(11)6-2-3-8-12/h7H,2-6H2,1H3/b10-7+. The lowest BCUT2D eigenvalue weighted by Gasteiger charge is -1.95. The Balaban J connectivity index is 3.52. The summed E-state index contributed by atoms with van der Waals surface area (Å²) in [6.07, 6.45) is 5.20. The average Bonchev–Trinajstić information content (AvgIpc) is 2.04. The van der Waals surface area contributed by atoms with Crippen LogP contribution in [0.4, 0.5) is 0 Å². The highest BCUT2D eigenvalue weighted by Crippen LogP contribution is 2.12. The van der Waals surface area contributed by atoms with Crippen LogP contribution in [0.1, 0.15) is 39.0 Å². The van der Waals surface area contributed by atoms with E-state index in [9.17, 15) is 4.79 Å². The first-order valence-electron chi connectivity index (χ1n) is 4.37. The van der Waals surface area contributed by atoms with Gasteiger partial charge in [0.1, 0.15) is 5.78 Å². The van der Waals surface area contributed by atoms with Crippen LogP contribution in [-0.4, -0.2) is 5.78 Å². The third kappa shape index (κ3) is 9.10. The average molecular weight is 200 g/mol. The maximum Gasteiger partial charge on any atom is 0.130 e. The van der Waals surface area contributed by atoms with E-state index in [-0.39, 0.29) is 5.78 Å². The first-order chi connectivity index (χ1) is 6.16. The van der Waals surface area contributed by atoms with Gasteiger partial charge in [0, 0.05) is 17.9 Å². The number of Topliss-reactive ketones (excluding diaryl/α,β-unsaturated/α-hetero) is 1. The predicted octanol–water partition coefficient (Wildman–Crippen LogP) is 3.17. The Morgan fingerprint density at radius 2 is 2.23 bits per heavy atom. The minimum Gasteiger partial charge on any atom is -0.300 e. The predicted molar refractivity (Wildman–Crippen MR) is 53.3 cm³/mol. The second kappa shape index (κ2) is 7.82. The highest BCUT2D eigenvalue weighted by Gasteiger charge is 1.94. The highest BCUT2D eigenvalue weighted by atomic mass is 35.5. The highest BCUT2D eigenvalue weighted by molar-refractivity contribution is 6.29. The molecule has 0 rings (SSSR count). The summed E-state index contributed by atoms with van der Waals surface area (Å²) >= 11 is 5.84. The molecule has 0 heterocycles. The molecule has 0 bridgehead atoms. The molecule has 0 fully saturated rings. The molecule has 0 aliphatic heterocycles. The van der Waals surface area contributed by atoms with E-state index < -0.39 is 0 Å². The van der Waals surface area contributed by atoms with Crippen molar-refractivity contribution in [3.05, 3.63) is 11.1 Å². The first kappa shape index (κ1) is 12.2. The van der Waals surface area contributed by atoms with Crippen molar-refractivity contribution in [2.75, 3.05) is 0 Å². The van der Waals surface area contributed by atoms with Gasteiger partial charge in [-0.25, -0.2) is 0 Å². The third-order valence-corrected chi connectivity index (χ3v) is 1.91. The van der Waals surface area contributed by atoms with Crippen molar-refractivity contribution in [2.24, 2.45) is 0 Å². The SMILES string of the molecule is CC(=O)CC/C=C(/Cl)CCCC#N. The van der Waals surface area contributed by atoms with Crippen molar-refractivity contribution in [2.45, 2.75) is 39.0 Å². The van der Waals surface area contributed by atoms with E-state index in [4.69, 9.17) is 16.9 Å². The minimum atomic E-state index is 0.178. The van der Waals surface area contributed by atoms with E-state index in [0.717, 1.165) is 17.9 Å². The van der Waals surface area contributed by atoms with Gasteiger partial charge in [0.05, 0.1) is 6.07 Å². The normalized spacial score (nSPS) is 11.0. The van der Waals surface area contributed by atoms with Crippen LogP contribution in [0.2, 0.25) is 0 Å². The largest absolute Gasteiger partial charge is 0.300 e. The zero-order chi connectivity index (χ0) is 10.1. The van der Waals surface area contributed by atoms with Crippen LogP contribution in [0, 0.1) is 11.3 Å². The maximum absolute atomic E-state index is 10.6. The molecule has 13 heavy (non-hydrogen) atoms. The number of hydrogen-bond donors (Lipinski definition) is 0. The van der Waals surface area contributed by atoms with Crippen molar-refractivity contribution in [3.63, 3.8) is 0 Å². The molecule has 0 saturated carbocycles. The smallest absolute Gasteiger partial charge is 0.130 e. The molecule has 3 heteroatoms. The van der Waals surface area contributed by atoms with Gasteiger partial charge in [-0.1, -0.05) is 17.7 Å². The van der Waals surface area contributed by atoms with E-state index in [1.165, 1.54) is 0 Å². The van der Waals surface area contributed by atoms with Crippen LogP contribution in [0.25, 0.3) is 0 Å². The summed E-state index contributed by atoms with van der Waals surface area (Å²) in [5.74, 6) is 0.178. The molecule has 0 radical (unpaired) electrons. The van der Waals surface area contributed by atoms with Gasteiger partial charge < -0.3 is 4.79 Å². The number of carbonyl (C=O) groups excluding carboxylic acids is 1. The molecule has 0 aromatic rings. The molecule has 0 N–H and O–H groups in total. The molecule has 2 nitrogen and oxygen atoms in total. The van der Waals surface area contributed by atoms with Gasteiger partial charge in [-0.2, -0.15) is 5.26 Å². The second-order valence-electron chi connectivity index (χ2n) is 2.90. The molecule has 0 aromatic carbocycles. The zero-order valence-electron chi connectivity index (χ0n) is 7.85. The zero-order valence-corrected chi connectivity index (χ0v) is 8.60. The summed E-state index contributed by atoms with van der Waals surface area (Å²) in [5, 5.41) is 9.03. The molecule has 0 unspecified atom stereocenters. The van der Waals surface area contributed by atoms with Crippen molar-refractivity contribution in [3.8, 4) is 6.07 Å². The van der Waals surface area contributed by atoms with Gasteiger partial charge in [0.2, 0.25) is 0 Å². The Bertz CT molecular complexity index is 228. The number of allylic oxidation sites excluding steroid dienone is 2. The number of ketones is 1. The summed E-state index contributed by atoms with van der Waals surface area (Å²) in [4.78, 5) is 10.6. The van der Waals surface area contributed by atoms with Crippen molar-refractivity contribution < 1.29 is 4.79 Å². The Hall–Kier alpha value is -0.810. The number of halogens is 1. The fraction of sp³-hybridized carbons (Fsp3) is 0.600. The summed E-state index contributed by atoms with van der Waals surface area (Å²) < 4.78 is 0. The Labute approximate surface area is 84.2 Å². The number of hydrogen-bond acceptors (Lipinski definition) is 2. The van der Waals surface area contributed by atoms with Crippen LogP contribution in [-0.2, 0) is 4.79 Å². The Kier molecular flexibility index (Phi) is 7.33. The number of rotatable bonds is 6. The summed E-state index contributed by atoms with van der Waals surface area (Å²) in [5.41, 5.74) is 0. The summed E-state index contributed by atoms with van der Waals surface area (Å²) in [6, 6.07) is 2.06. The Morgan fingerprint density at radius 3 is 2.77 bits per heavy atom.